The van der Waals surface area contributed by atoms with E-state index in [9.17, 15) is 13.5 Å². The van der Waals surface area contributed by atoms with Gasteiger partial charge in [0.2, 0.25) is 0 Å². The molecule has 0 spiro atoms. The highest BCUT2D eigenvalue weighted by atomic mass is 32.2. The van der Waals surface area contributed by atoms with E-state index < -0.39 is 21.8 Å². The summed E-state index contributed by atoms with van der Waals surface area (Å²) in [6.07, 6.45) is 11.3. The minimum atomic E-state index is -3.54. The Morgan fingerprint density at radius 2 is 1.33 bits per heavy atom. The Labute approximate surface area is 129 Å². The average molecular weight is 318 g/mol. The molecule has 2 fully saturated rings. The summed E-state index contributed by atoms with van der Waals surface area (Å²) in [6.45, 7) is 1.74. The second-order valence-electron chi connectivity index (χ2n) is 7.00. The second-order valence-corrected chi connectivity index (χ2v) is 8.60. The predicted molar refractivity (Wildman–Crippen MR) is 83.5 cm³/mol. The largest absolute Gasteiger partial charge is 0.387 e. The van der Waals surface area contributed by atoms with Gasteiger partial charge in [0.15, 0.2) is 0 Å². The SMILES string of the molecule is CC(OS(C)(=O)=O)C(O)(C1CCCCC1)C1CCCCC1. The first-order valence-electron chi connectivity index (χ1n) is 8.44. The maximum absolute atomic E-state index is 11.5. The summed E-state index contributed by atoms with van der Waals surface area (Å²) in [6, 6.07) is 0. The lowest BCUT2D eigenvalue weighted by atomic mass is 9.64. The van der Waals surface area contributed by atoms with Crippen molar-refractivity contribution in [3.8, 4) is 0 Å². The highest BCUT2D eigenvalue weighted by Crippen LogP contribution is 2.45. The van der Waals surface area contributed by atoms with Crippen LogP contribution in [0.1, 0.15) is 71.1 Å². The highest BCUT2D eigenvalue weighted by molar-refractivity contribution is 7.86. The molecule has 1 unspecified atom stereocenters. The van der Waals surface area contributed by atoms with Crippen LogP contribution in [0.3, 0.4) is 0 Å². The lowest BCUT2D eigenvalue weighted by Gasteiger charge is -2.48. The number of hydrogen-bond acceptors (Lipinski definition) is 4. The molecule has 0 aromatic heterocycles. The van der Waals surface area contributed by atoms with Gasteiger partial charge in [0.05, 0.1) is 11.9 Å². The number of aliphatic hydroxyl groups is 1. The van der Waals surface area contributed by atoms with E-state index in [1.54, 1.807) is 6.92 Å². The van der Waals surface area contributed by atoms with E-state index in [0.29, 0.717) is 0 Å². The van der Waals surface area contributed by atoms with Gasteiger partial charge in [-0.15, -0.1) is 0 Å². The number of rotatable bonds is 5. The zero-order valence-electron chi connectivity index (χ0n) is 13.4. The molecule has 1 atom stereocenters. The Morgan fingerprint density at radius 3 is 1.67 bits per heavy atom. The molecule has 0 heterocycles. The van der Waals surface area contributed by atoms with Crippen LogP contribution >= 0.6 is 0 Å². The van der Waals surface area contributed by atoms with E-state index in [4.69, 9.17) is 4.18 Å². The molecule has 21 heavy (non-hydrogen) atoms. The fourth-order valence-corrected chi connectivity index (χ4v) is 5.15. The second kappa shape index (κ2) is 6.97. The van der Waals surface area contributed by atoms with Gasteiger partial charge in [-0.25, -0.2) is 0 Å². The van der Waals surface area contributed by atoms with Gasteiger partial charge in [0.1, 0.15) is 6.10 Å². The van der Waals surface area contributed by atoms with Crippen molar-refractivity contribution in [2.75, 3.05) is 6.26 Å². The summed E-state index contributed by atoms with van der Waals surface area (Å²) in [4.78, 5) is 0. The Balaban J connectivity index is 2.22. The van der Waals surface area contributed by atoms with Crippen molar-refractivity contribution >= 4 is 10.1 Å². The van der Waals surface area contributed by atoms with Crippen LogP contribution in [0.4, 0.5) is 0 Å². The third-order valence-electron chi connectivity index (χ3n) is 5.49. The summed E-state index contributed by atoms with van der Waals surface area (Å²) < 4.78 is 28.3. The summed E-state index contributed by atoms with van der Waals surface area (Å²) in [5.41, 5.74) is -0.996. The normalized spacial score (nSPS) is 24.9. The minimum absolute atomic E-state index is 0.172. The van der Waals surface area contributed by atoms with Gasteiger partial charge in [-0.05, 0) is 44.4 Å². The van der Waals surface area contributed by atoms with Gasteiger partial charge in [0.25, 0.3) is 10.1 Å². The average Bonchev–Trinajstić information content (AvgIpc) is 2.46. The van der Waals surface area contributed by atoms with Crippen LogP contribution in [0.5, 0.6) is 0 Å². The first-order valence-corrected chi connectivity index (χ1v) is 10.3. The van der Waals surface area contributed by atoms with Crippen molar-refractivity contribution in [2.24, 2.45) is 11.8 Å². The Kier molecular flexibility index (Phi) is 5.71. The first kappa shape index (κ1) is 17.2. The zero-order valence-corrected chi connectivity index (χ0v) is 14.2. The molecule has 2 aliphatic rings. The smallest absolute Gasteiger partial charge is 0.264 e. The number of hydrogen-bond donors (Lipinski definition) is 1. The van der Waals surface area contributed by atoms with Crippen molar-refractivity contribution < 1.29 is 17.7 Å². The first-order chi connectivity index (χ1) is 9.84. The van der Waals surface area contributed by atoms with Crippen molar-refractivity contribution in [1.29, 1.82) is 0 Å². The molecule has 5 heteroatoms. The molecule has 0 saturated heterocycles. The maximum atomic E-state index is 11.5. The van der Waals surface area contributed by atoms with E-state index in [-0.39, 0.29) is 11.8 Å². The molecule has 0 bridgehead atoms. The van der Waals surface area contributed by atoms with Crippen LogP contribution in [0.25, 0.3) is 0 Å². The fraction of sp³-hybridized carbons (Fsp3) is 1.00. The third-order valence-corrected chi connectivity index (χ3v) is 6.13. The zero-order chi connectivity index (χ0) is 15.5. The molecule has 0 radical (unpaired) electrons. The maximum Gasteiger partial charge on any atom is 0.264 e. The summed E-state index contributed by atoms with van der Waals surface area (Å²) >= 11 is 0. The summed E-state index contributed by atoms with van der Waals surface area (Å²) in [7, 11) is -3.54. The standard InChI is InChI=1S/C16H30O4S/c1-13(20-21(2,18)19)16(17,14-9-5-3-6-10-14)15-11-7-4-8-12-15/h13-15,17H,3-12H2,1-2H3. The van der Waals surface area contributed by atoms with Crippen molar-refractivity contribution in [3.05, 3.63) is 0 Å². The lowest BCUT2D eigenvalue weighted by molar-refractivity contribution is -0.149. The van der Waals surface area contributed by atoms with Gasteiger partial charge < -0.3 is 5.11 Å². The van der Waals surface area contributed by atoms with Crippen LogP contribution in [0, 0.1) is 11.8 Å². The van der Waals surface area contributed by atoms with Crippen LogP contribution < -0.4 is 0 Å². The molecule has 0 aromatic carbocycles. The molecular formula is C16H30O4S. The molecule has 0 amide bonds. The molecule has 2 saturated carbocycles. The van der Waals surface area contributed by atoms with Crippen LogP contribution in [-0.2, 0) is 14.3 Å². The Morgan fingerprint density at radius 1 is 0.952 bits per heavy atom. The van der Waals surface area contributed by atoms with E-state index >= 15 is 0 Å². The van der Waals surface area contributed by atoms with Gasteiger partial charge in [-0.2, -0.15) is 8.42 Å². The van der Waals surface area contributed by atoms with Gasteiger partial charge in [-0.3, -0.25) is 4.18 Å². The van der Waals surface area contributed by atoms with Crippen LogP contribution in [-0.4, -0.2) is 31.5 Å². The van der Waals surface area contributed by atoms with Crippen LogP contribution in [0.15, 0.2) is 0 Å². The summed E-state index contributed by atoms with van der Waals surface area (Å²) in [5, 5.41) is 11.5. The van der Waals surface area contributed by atoms with E-state index in [2.05, 4.69) is 0 Å². The monoisotopic (exact) mass is 318 g/mol. The van der Waals surface area contributed by atoms with E-state index in [1.165, 1.54) is 12.8 Å². The molecule has 2 rings (SSSR count). The van der Waals surface area contributed by atoms with Crippen molar-refractivity contribution in [1.82, 2.24) is 0 Å². The highest BCUT2D eigenvalue weighted by Gasteiger charge is 2.49. The molecule has 124 valence electrons. The molecule has 1 N–H and O–H groups in total. The Bertz CT molecular complexity index is 402. The van der Waals surface area contributed by atoms with Gasteiger partial charge in [-0.1, -0.05) is 38.5 Å². The minimum Gasteiger partial charge on any atom is -0.387 e. The molecule has 0 aliphatic heterocycles. The lowest BCUT2D eigenvalue weighted by Crippen LogP contribution is -2.55. The quantitative estimate of drug-likeness (QED) is 0.790. The predicted octanol–water partition coefficient (Wildman–Crippen LogP) is 3.24. The third kappa shape index (κ3) is 4.20. The molecule has 2 aliphatic carbocycles. The van der Waals surface area contributed by atoms with Crippen molar-refractivity contribution in [2.45, 2.75) is 82.8 Å². The molecule has 0 aromatic rings. The molecule has 4 nitrogen and oxygen atoms in total. The van der Waals surface area contributed by atoms with Crippen LogP contribution in [0.2, 0.25) is 0 Å². The van der Waals surface area contributed by atoms with E-state index in [0.717, 1.165) is 57.6 Å². The summed E-state index contributed by atoms with van der Waals surface area (Å²) in [5.74, 6) is 0.345. The van der Waals surface area contributed by atoms with Gasteiger partial charge in [0, 0.05) is 0 Å². The molecular weight excluding hydrogens is 288 g/mol. The van der Waals surface area contributed by atoms with Gasteiger partial charge >= 0.3 is 0 Å². The topological polar surface area (TPSA) is 63.6 Å². The fourth-order valence-electron chi connectivity index (χ4n) is 4.47. The Hall–Kier alpha value is -0.130. The van der Waals surface area contributed by atoms with E-state index in [1.807, 2.05) is 0 Å². The van der Waals surface area contributed by atoms with Crippen molar-refractivity contribution in [3.63, 3.8) is 0 Å².